The predicted molar refractivity (Wildman–Crippen MR) is 94.0 cm³/mol. The Kier molecular flexibility index (Phi) is 11.9. The van der Waals surface area contributed by atoms with Crippen molar-refractivity contribution in [2.75, 3.05) is 52.5 Å². The molecule has 6 heteroatoms. The van der Waals surface area contributed by atoms with Crippen LogP contribution < -0.4 is 0 Å². The molecule has 140 valence electrons. The molecular formula is C18H34N2O4. The first-order valence-corrected chi connectivity index (χ1v) is 9.35. The summed E-state index contributed by atoms with van der Waals surface area (Å²) in [4.78, 5) is 26.3. The van der Waals surface area contributed by atoms with Crippen molar-refractivity contribution in [1.82, 2.24) is 9.80 Å². The second kappa shape index (κ2) is 13.5. The molecule has 2 saturated heterocycles. The Hall–Kier alpha value is -0.820. The van der Waals surface area contributed by atoms with Crippen LogP contribution in [0.1, 0.15) is 51.4 Å². The Morgan fingerprint density at radius 3 is 1.25 bits per heavy atom. The maximum Gasteiger partial charge on any atom is 0.135 e. The molecule has 2 heterocycles. The summed E-state index contributed by atoms with van der Waals surface area (Å²) in [6, 6.07) is 0. The molecule has 2 rings (SSSR count). The van der Waals surface area contributed by atoms with Crippen LogP contribution >= 0.6 is 0 Å². The minimum atomic E-state index is 0.284. The molecule has 0 aromatic rings. The molecule has 0 aliphatic carbocycles. The second-order valence-electron chi connectivity index (χ2n) is 6.62. The molecule has 0 saturated carbocycles. The van der Waals surface area contributed by atoms with Gasteiger partial charge in [0.2, 0.25) is 0 Å². The number of aliphatic hydroxyl groups is 2. The minimum Gasteiger partial charge on any atom is -0.396 e. The van der Waals surface area contributed by atoms with E-state index < -0.39 is 0 Å². The first-order chi connectivity index (χ1) is 11.7. The fourth-order valence-electron chi connectivity index (χ4n) is 2.95. The van der Waals surface area contributed by atoms with Crippen molar-refractivity contribution in [1.29, 1.82) is 0 Å². The fraction of sp³-hybridized carbons (Fsp3) is 0.889. The number of rotatable bonds is 8. The number of piperidine rings is 2. The van der Waals surface area contributed by atoms with Crippen LogP contribution in [-0.2, 0) is 9.59 Å². The Labute approximate surface area is 145 Å². The quantitative estimate of drug-likeness (QED) is 0.637. The van der Waals surface area contributed by atoms with Gasteiger partial charge in [0.25, 0.3) is 0 Å². The van der Waals surface area contributed by atoms with Gasteiger partial charge in [-0.25, -0.2) is 0 Å². The van der Waals surface area contributed by atoms with E-state index in [4.69, 9.17) is 10.2 Å². The lowest BCUT2D eigenvalue weighted by Crippen LogP contribution is -2.34. The Morgan fingerprint density at radius 2 is 0.958 bits per heavy atom. The summed E-state index contributed by atoms with van der Waals surface area (Å²) in [6.07, 6.45) is 6.74. The summed E-state index contributed by atoms with van der Waals surface area (Å²) in [6.45, 7) is 6.32. The summed E-state index contributed by atoms with van der Waals surface area (Å²) in [5, 5.41) is 17.1. The highest BCUT2D eigenvalue weighted by Crippen LogP contribution is 2.07. The van der Waals surface area contributed by atoms with Crippen molar-refractivity contribution in [2.45, 2.75) is 51.4 Å². The number of likely N-dealkylation sites (tertiary alicyclic amines) is 2. The van der Waals surface area contributed by atoms with Gasteiger partial charge in [-0.1, -0.05) is 0 Å². The first-order valence-electron chi connectivity index (χ1n) is 9.35. The zero-order valence-electron chi connectivity index (χ0n) is 14.9. The Bertz CT molecular complexity index is 309. The highest BCUT2D eigenvalue weighted by atomic mass is 16.3. The molecule has 0 spiro atoms. The van der Waals surface area contributed by atoms with Crippen LogP contribution in [0.5, 0.6) is 0 Å². The van der Waals surface area contributed by atoms with Crippen LogP contribution in [0, 0.1) is 0 Å². The summed E-state index contributed by atoms with van der Waals surface area (Å²) in [7, 11) is 0. The van der Waals surface area contributed by atoms with Crippen LogP contribution in [0.2, 0.25) is 0 Å². The van der Waals surface area contributed by atoms with Gasteiger partial charge in [-0.15, -0.1) is 0 Å². The molecule has 0 amide bonds. The van der Waals surface area contributed by atoms with E-state index in [1.54, 1.807) is 0 Å². The molecular weight excluding hydrogens is 308 g/mol. The molecule has 2 N–H and O–H groups in total. The molecule has 0 radical (unpaired) electrons. The zero-order chi connectivity index (χ0) is 17.6. The number of hydrogen-bond donors (Lipinski definition) is 2. The number of carbonyl (C=O) groups is 2. The summed E-state index contributed by atoms with van der Waals surface area (Å²) >= 11 is 0. The maximum atomic E-state index is 10.9. The fourth-order valence-corrected chi connectivity index (χ4v) is 2.95. The minimum absolute atomic E-state index is 0.284. The average Bonchev–Trinajstić information content (AvgIpc) is 2.59. The van der Waals surface area contributed by atoms with Gasteiger partial charge < -0.3 is 20.0 Å². The van der Waals surface area contributed by atoms with Gasteiger partial charge in [0, 0.05) is 65.1 Å². The number of carbonyl (C=O) groups excluding carboxylic acids is 2. The van der Waals surface area contributed by atoms with Gasteiger partial charge in [0.15, 0.2) is 0 Å². The van der Waals surface area contributed by atoms with Crippen LogP contribution in [0.15, 0.2) is 0 Å². The van der Waals surface area contributed by atoms with E-state index in [1.807, 2.05) is 0 Å². The van der Waals surface area contributed by atoms with Crippen LogP contribution in [-0.4, -0.2) is 84.1 Å². The SMILES string of the molecule is O=C1CCN(CCCCO)CC1.O=C1CCN(CCCCO)CC1. The molecule has 2 aliphatic rings. The lowest BCUT2D eigenvalue weighted by molar-refractivity contribution is -0.122. The third kappa shape index (κ3) is 10.1. The molecule has 6 nitrogen and oxygen atoms in total. The van der Waals surface area contributed by atoms with E-state index in [0.29, 0.717) is 11.6 Å². The van der Waals surface area contributed by atoms with E-state index in [-0.39, 0.29) is 13.2 Å². The lowest BCUT2D eigenvalue weighted by Gasteiger charge is -2.25. The van der Waals surface area contributed by atoms with Crippen molar-refractivity contribution < 1.29 is 19.8 Å². The predicted octanol–water partition coefficient (Wildman–Crippen LogP) is 0.848. The second-order valence-corrected chi connectivity index (χ2v) is 6.62. The Morgan fingerprint density at radius 1 is 0.625 bits per heavy atom. The highest BCUT2D eigenvalue weighted by molar-refractivity contribution is 5.79. The zero-order valence-corrected chi connectivity index (χ0v) is 14.9. The molecule has 2 fully saturated rings. The van der Waals surface area contributed by atoms with Gasteiger partial charge in [-0.05, 0) is 38.8 Å². The van der Waals surface area contributed by atoms with E-state index in [0.717, 1.165) is 90.6 Å². The van der Waals surface area contributed by atoms with Crippen molar-refractivity contribution in [3.63, 3.8) is 0 Å². The number of ketones is 2. The Balaban J connectivity index is 0.000000240. The summed E-state index contributed by atoms with van der Waals surface area (Å²) in [5.41, 5.74) is 0. The van der Waals surface area contributed by atoms with Gasteiger partial charge in [-0.2, -0.15) is 0 Å². The van der Waals surface area contributed by atoms with E-state index in [9.17, 15) is 9.59 Å². The van der Waals surface area contributed by atoms with Gasteiger partial charge in [-0.3, -0.25) is 9.59 Å². The normalized spacial score (nSPS) is 19.9. The van der Waals surface area contributed by atoms with E-state index in [1.165, 1.54) is 0 Å². The van der Waals surface area contributed by atoms with Crippen molar-refractivity contribution >= 4 is 11.6 Å². The molecule has 2 aliphatic heterocycles. The van der Waals surface area contributed by atoms with E-state index in [2.05, 4.69) is 9.80 Å². The molecule has 24 heavy (non-hydrogen) atoms. The molecule has 0 aromatic carbocycles. The van der Waals surface area contributed by atoms with Crippen molar-refractivity contribution in [3.05, 3.63) is 0 Å². The number of hydrogen-bond acceptors (Lipinski definition) is 6. The lowest BCUT2D eigenvalue weighted by atomic mass is 10.1. The van der Waals surface area contributed by atoms with Crippen LogP contribution in [0.3, 0.4) is 0 Å². The number of unbranched alkanes of at least 4 members (excludes halogenated alkanes) is 2. The van der Waals surface area contributed by atoms with Crippen molar-refractivity contribution in [2.24, 2.45) is 0 Å². The first kappa shape index (κ1) is 21.2. The number of aliphatic hydroxyl groups excluding tert-OH is 2. The molecule has 0 atom stereocenters. The van der Waals surface area contributed by atoms with Crippen LogP contribution in [0.4, 0.5) is 0 Å². The molecule has 0 unspecified atom stereocenters. The van der Waals surface area contributed by atoms with Gasteiger partial charge in [0.05, 0.1) is 0 Å². The molecule has 0 bridgehead atoms. The standard InChI is InChI=1S/2C9H17NO2/c2*11-8-2-1-5-10-6-3-9(12)4-7-10/h2*11H,1-8H2. The maximum absolute atomic E-state index is 10.9. The largest absolute Gasteiger partial charge is 0.396 e. The molecule has 0 aromatic heterocycles. The monoisotopic (exact) mass is 342 g/mol. The van der Waals surface area contributed by atoms with Crippen molar-refractivity contribution in [3.8, 4) is 0 Å². The van der Waals surface area contributed by atoms with Gasteiger partial charge >= 0.3 is 0 Å². The van der Waals surface area contributed by atoms with E-state index >= 15 is 0 Å². The smallest absolute Gasteiger partial charge is 0.135 e. The topological polar surface area (TPSA) is 81.1 Å². The number of Topliss-reactive ketones (excluding diaryl/α,β-unsaturated/α-hetero) is 2. The third-order valence-electron chi connectivity index (χ3n) is 4.59. The average molecular weight is 342 g/mol. The summed E-state index contributed by atoms with van der Waals surface area (Å²) < 4.78 is 0. The van der Waals surface area contributed by atoms with Gasteiger partial charge in [0.1, 0.15) is 11.6 Å². The highest BCUT2D eigenvalue weighted by Gasteiger charge is 2.15. The van der Waals surface area contributed by atoms with Crippen LogP contribution in [0.25, 0.3) is 0 Å². The number of nitrogens with zero attached hydrogens (tertiary/aromatic N) is 2. The third-order valence-corrected chi connectivity index (χ3v) is 4.59. The summed E-state index contributed by atoms with van der Waals surface area (Å²) in [5.74, 6) is 0.793.